The average molecular weight is 457 g/mol. The van der Waals surface area contributed by atoms with Gasteiger partial charge in [0.25, 0.3) is 11.8 Å². The molecular formula is C22H21ClN4O3S. The number of rotatable bonds is 5. The molecule has 1 aliphatic heterocycles. The van der Waals surface area contributed by atoms with E-state index in [1.165, 1.54) is 11.3 Å². The molecule has 0 unspecified atom stereocenters. The van der Waals surface area contributed by atoms with Gasteiger partial charge in [-0.05, 0) is 55.3 Å². The zero-order valence-corrected chi connectivity index (χ0v) is 18.4. The van der Waals surface area contributed by atoms with Crippen molar-refractivity contribution in [2.24, 2.45) is 0 Å². The number of amides is 2. The van der Waals surface area contributed by atoms with E-state index in [1.807, 2.05) is 17.0 Å². The Kier molecular flexibility index (Phi) is 6.48. The number of carbonyl (C=O) groups is 2. The number of halogens is 1. The molecule has 1 aliphatic rings. The molecule has 1 saturated heterocycles. The summed E-state index contributed by atoms with van der Waals surface area (Å²) in [6.45, 7) is 1.23. The van der Waals surface area contributed by atoms with Crippen LogP contribution in [0.2, 0.25) is 5.02 Å². The van der Waals surface area contributed by atoms with Gasteiger partial charge in [0.1, 0.15) is 10.8 Å². The highest BCUT2D eigenvalue weighted by atomic mass is 35.5. The lowest BCUT2D eigenvalue weighted by atomic mass is 9.98. The molecule has 7 nitrogen and oxygen atoms in total. The Labute approximate surface area is 189 Å². The number of nitrogens with one attached hydrogen (secondary N) is 1. The van der Waals surface area contributed by atoms with Crippen LogP contribution in [0, 0.1) is 0 Å². The van der Waals surface area contributed by atoms with Crippen LogP contribution < -0.4 is 10.1 Å². The summed E-state index contributed by atoms with van der Waals surface area (Å²) in [4.78, 5) is 27.3. The molecule has 0 radical (unpaired) electrons. The van der Waals surface area contributed by atoms with Gasteiger partial charge >= 0.3 is 0 Å². The molecule has 1 aromatic heterocycles. The third-order valence-corrected chi connectivity index (χ3v) is 6.45. The summed E-state index contributed by atoms with van der Waals surface area (Å²) in [6.07, 6.45) is 1.77. The zero-order chi connectivity index (χ0) is 21.8. The van der Waals surface area contributed by atoms with E-state index in [9.17, 15) is 9.59 Å². The largest absolute Gasteiger partial charge is 0.497 e. The molecule has 0 saturated carbocycles. The van der Waals surface area contributed by atoms with E-state index in [0.717, 1.165) is 17.8 Å². The fourth-order valence-corrected chi connectivity index (χ4v) is 4.50. The van der Waals surface area contributed by atoms with Crippen molar-refractivity contribution < 1.29 is 14.3 Å². The Morgan fingerprint density at radius 2 is 2.00 bits per heavy atom. The van der Waals surface area contributed by atoms with Crippen molar-refractivity contribution in [1.29, 1.82) is 0 Å². The smallest absolute Gasteiger partial charge is 0.286 e. The van der Waals surface area contributed by atoms with Crippen LogP contribution in [0.4, 0.5) is 5.69 Å². The Bertz CT molecular complexity index is 1090. The van der Waals surface area contributed by atoms with Gasteiger partial charge in [0.2, 0.25) is 5.01 Å². The molecular weight excluding hydrogens is 436 g/mol. The number of ether oxygens (including phenoxy) is 1. The first-order chi connectivity index (χ1) is 15.0. The van der Waals surface area contributed by atoms with E-state index >= 15 is 0 Å². The summed E-state index contributed by atoms with van der Waals surface area (Å²) < 4.78 is 5.22. The second-order valence-electron chi connectivity index (χ2n) is 7.23. The number of likely N-dealkylation sites (tertiary alicyclic amines) is 1. The lowest BCUT2D eigenvalue weighted by molar-refractivity contribution is 0.0706. The molecule has 0 aliphatic carbocycles. The third kappa shape index (κ3) is 5.03. The van der Waals surface area contributed by atoms with Crippen LogP contribution in [0.15, 0.2) is 48.5 Å². The molecule has 3 aromatic rings. The maximum Gasteiger partial charge on any atom is 0.286 e. The number of methoxy groups -OCH3 is 1. The van der Waals surface area contributed by atoms with Crippen molar-refractivity contribution in [3.05, 3.63) is 69.1 Å². The standard InChI is InChI=1S/C22H21ClN4O3S/c1-30-18-6-2-4-14(12-18)22(29)27-11-3-5-15(13-27)20-25-26-21(31-20)19(28)24-17-9-7-16(23)8-10-17/h2,4,6-10,12,15H,3,5,11,13H2,1H3,(H,24,28)/t15-/m1/s1. The van der Waals surface area contributed by atoms with Gasteiger partial charge in [-0.2, -0.15) is 0 Å². The predicted molar refractivity (Wildman–Crippen MR) is 120 cm³/mol. The average Bonchev–Trinajstić information content (AvgIpc) is 3.31. The minimum atomic E-state index is -0.314. The molecule has 0 spiro atoms. The van der Waals surface area contributed by atoms with Crippen LogP contribution in [0.25, 0.3) is 0 Å². The monoisotopic (exact) mass is 456 g/mol. The maximum absolute atomic E-state index is 12.9. The Hall–Kier alpha value is -2.97. The Morgan fingerprint density at radius 3 is 2.77 bits per heavy atom. The molecule has 2 heterocycles. The fraction of sp³-hybridized carbons (Fsp3) is 0.273. The second kappa shape index (κ2) is 9.45. The summed E-state index contributed by atoms with van der Waals surface area (Å²) in [5.41, 5.74) is 1.24. The van der Waals surface area contributed by atoms with Crippen LogP contribution in [-0.4, -0.2) is 47.1 Å². The van der Waals surface area contributed by atoms with Crippen molar-refractivity contribution >= 4 is 40.4 Å². The first-order valence-corrected chi connectivity index (χ1v) is 11.1. The van der Waals surface area contributed by atoms with E-state index in [1.54, 1.807) is 43.5 Å². The topological polar surface area (TPSA) is 84.4 Å². The summed E-state index contributed by atoms with van der Waals surface area (Å²) >= 11 is 7.14. The molecule has 1 fully saturated rings. The number of carbonyl (C=O) groups excluding carboxylic acids is 2. The van der Waals surface area contributed by atoms with E-state index in [4.69, 9.17) is 16.3 Å². The van der Waals surface area contributed by atoms with Crippen molar-refractivity contribution in [3.8, 4) is 5.75 Å². The number of anilines is 1. The van der Waals surface area contributed by atoms with E-state index in [-0.39, 0.29) is 17.7 Å². The normalized spacial score (nSPS) is 16.1. The van der Waals surface area contributed by atoms with Crippen LogP contribution in [0.5, 0.6) is 5.75 Å². The summed E-state index contributed by atoms with van der Waals surface area (Å²) in [6, 6.07) is 14.0. The lowest BCUT2D eigenvalue weighted by Gasteiger charge is -2.31. The number of aromatic nitrogens is 2. The van der Waals surface area contributed by atoms with Gasteiger partial charge in [0.15, 0.2) is 0 Å². The third-order valence-electron chi connectivity index (χ3n) is 5.11. The van der Waals surface area contributed by atoms with Gasteiger partial charge in [-0.1, -0.05) is 29.0 Å². The molecule has 2 amide bonds. The summed E-state index contributed by atoms with van der Waals surface area (Å²) in [5.74, 6) is 0.359. The molecule has 31 heavy (non-hydrogen) atoms. The van der Waals surface area contributed by atoms with E-state index < -0.39 is 0 Å². The maximum atomic E-state index is 12.9. The van der Waals surface area contributed by atoms with Crippen molar-refractivity contribution in [2.45, 2.75) is 18.8 Å². The Balaban J connectivity index is 1.42. The fourth-order valence-electron chi connectivity index (χ4n) is 3.51. The molecule has 2 aromatic carbocycles. The minimum Gasteiger partial charge on any atom is -0.497 e. The highest BCUT2D eigenvalue weighted by molar-refractivity contribution is 7.13. The van der Waals surface area contributed by atoms with Gasteiger partial charge in [-0.25, -0.2) is 0 Å². The van der Waals surface area contributed by atoms with Gasteiger partial charge in [-0.3, -0.25) is 9.59 Å². The van der Waals surface area contributed by atoms with Crippen molar-refractivity contribution in [1.82, 2.24) is 15.1 Å². The summed E-state index contributed by atoms with van der Waals surface area (Å²) in [7, 11) is 1.58. The number of piperidine rings is 1. The highest BCUT2D eigenvalue weighted by Gasteiger charge is 2.28. The van der Waals surface area contributed by atoms with Gasteiger partial charge in [-0.15, -0.1) is 10.2 Å². The number of nitrogens with zero attached hydrogens (tertiary/aromatic N) is 3. The number of benzene rings is 2. The summed E-state index contributed by atoms with van der Waals surface area (Å²) in [5, 5.41) is 12.8. The molecule has 1 atom stereocenters. The van der Waals surface area contributed by atoms with Crippen LogP contribution in [0.3, 0.4) is 0 Å². The Morgan fingerprint density at radius 1 is 1.19 bits per heavy atom. The van der Waals surface area contributed by atoms with Crippen LogP contribution in [-0.2, 0) is 0 Å². The predicted octanol–water partition coefficient (Wildman–Crippen LogP) is 4.47. The highest BCUT2D eigenvalue weighted by Crippen LogP contribution is 2.30. The minimum absolute atomic E-state index is 0.0335. The van der Waals surface area contributed by atoms with Gasteiger partial charge in [0.05, 0.1) is 7.11 Å². The number of hydrogen-bond donors (Lipinski definition) is 1. The first kappa shape index (κ1) is 21.3. The first-order valence-electron chi connectivity index (χ1n) is 9.87. The number of hydrogen-bond acceptors (Lipinski definition) is 6. The lowest BCUT2D eigenvalue weighted by Crippen LogP contribution is -2.39. The van der Waals surface area contributed by atoms with Crippen molar-refractivity contribution in [3.63, 3.8) is 0 Å². The van der Waals surface area contributed by atoms with Crippen LogP contribution in [0.1, 0.15) is 43.9 Å². The van der Waals surface area contributed by atoms with E-state index in [0.29, 0.717) is 40.1 Å². The molecule has 9 heteroatoms. The molecule has 1 N–H and O–H groups in total. The second-order valence-corrected chi connectivity index (χ2v) is 8.67. The van der Waals surface area contributed by atoms with Gasteiger partial charge in [0, 0.05) is 35.3 Å². The SMILES string of the molecule is COc1cccc(C(=O)N2CCC[C@@H](c3nnc(C(=O)Nc4ccc(Cl)cc4)s3)C2)c1. The zero-order valence-electron chi connectivity index (χ0n) is 16.9. The van der Waals surface area contributed by atoms with E-state index in [2.05, 4.69) is 15.5 Å². The van der Waals surface area contributed by atoms with Gasteiger partial charge < -0.3 is 15.0 Å². The molecule has 160 valence electrons. The molecule has 0 bridgehead atoms. The quantitative estimate of drug-likeness (QED) is 0.612. The van der Waals surface area contributed by atoms with Crippen molar-refractivity contribution in [2.75, 3.05) is 25.5 Å². The molecule has 4 rings (SSSR count). The van der Waals surface area contributed by atoms with Crippen LogP contribution >= 0.6 is 22.9 Å².